The molecule has 2 heterocycles. The molecule has 3 heteroatoms. The van der Waals surface area contributed by atoms with Gasteiger partial charge >= 0.3 is 0 Å². The first-order valence-electron chi connectivity index (χ1n) is 6.49. The van der Waals surface area contributed by atoms with Crippen LogP contribution in [0.25, 0.3) is 0 Å². The van der Waals surface area contributed by atoms with Crippen LogP contribution in [0.2, 0.25) is 0 Å². The number of pyridine rings is 1. The van der Waals surface area contributed by atoms with Crippen molar-refractivity contribution in [2.45, 2.75) is 38.7 Å². The van der Waals surface area contributed by atoms with E-state index in [1.54, 1.807) is 0 Å². The van der Waals surface area contributed by atoms with E-state index in [-0.39, 0.29) is 12.0 Å². The Morgan fingerprint density at radius 3 is 3.00 bits per heavy atom. The number of aliphatic hydroxyl groups is 1. The fourth-order valence-corrected chi connectivity index (χ4v) is 2.24. The summed E-state index contributed by atoms with van der Waals surface area (Å²) in [5, 5.41) is 10.1. The molecular formula is C14H21NO2. The predicted molar refractivity (Wildman–Crippen MR) is 66.9 cm³/mol. The molecule has 1 fully saturated rings. The minimum Gasteiger partial charge on any atom is -0.392 e. The molecular weight excluding hydrogens is 214 g/mol. The standard InChI is InChI=1S/C14H21NO2/c1-2-11-5-6-13(15-9-11)8-14(16)12-4-3-7-17-10-12/h5-6,9,12,14,16H,2-4,7-8,10H2,1H3. The number of aromatic nitrogens is 1. The third kappa shape index (κ3) is 3.51. The maximum atomic E-state index is 10.1. The summed E-state index contributed by atoms with van der Waals surface area (Å²) < 4.78 is 5.40. The monoisotopic (exact) mass is 235 g/mol. The summed E-state index contributed by atoms with van der Waals surface area (Å²) in [4.78, 5) is 4.38. The van der Waals surface area contributed by atoms with E-state index in [0.717, 1.165) is 31.6 Å². The zero-order valence-corrected chi connectivity index (χ0v) is 10.4. The molecule has 0 bridgehead atoms. The lowest BCUT2D eigenvalue weighted by Gasteiger charge is -2.26. The van der Waals surface area contributed by atoms with Crippen LogP contribution in [0.5, 0.6) is 0 Å². The van der Waals surface area contributed by atoms with Gasteiger partial charge in [-0.05, 0) is 30.9 Å². The van der Waals surface area contributed by atoms with Crippen LogP contribution in [-0.4, -0.2) is 29.4 Å². The number of aliphatic hydroxyl groups excluding tert-OH is 1. The summed E-state index contributed by atoms with van der Waals surface area (Å²) in [6, 6.07) is 4.11. The lowest BCUT2D eigenvalue weighted by molar-refractivity contribution is -0.00878. The lowest BCUT2D eigenvalue weighted by atomic mass is 9.93. The summed E-state index contributed by atoms with van der Waals surface area (Å²) >= 11 is 0. The van der Waals surface area contributed by atoms with E-state index in [1.165, 1.54) is 5.56 Å². The lowest BCUT2D eigenvalue weighted by Crippen LogP contribution is -2.30. The number of nitrogens with zero attached hydrogens (tertiary/aromatic N) is 1. The molecule has 17 heavy (non-hydrogen) atoms. The van der Waals surface area contributed by atoms with Crippen molar-refractivity contribution in [2.75, 3.05) is 13.2 Å². The minimum atomic E-state index is -0.324. The van der Waals surface area contributed by atoms with Gasteiger partial charge < -0.3 is 9.84 Å². The molecule has 2 rings (SSSR count). The summed E-state index contributed by atoms with van der Waals surface area (Å²) in [6.07, 6.45) is 5.34. The van der Waals surface area contributed by atoms with Crippen molar-refractivity contribution in [2.24, 2.45) is 5.92 Å². The highest BCUT2D eigenvalue weighted by molar-refractivity contribution is 5.14. The molecule has 0 amide bonds. The highest BCUT2D eigenvalue weighted by atomic mass is 16.5. The molecule has 1 aromatic heterocycles. The summed E-state index contributed by atoms with van der Waals surface area (Å²) in [7, 11) is 0. The molecule has 0 aliphatic carbocycles. The molecule has 1 aliphatic heterocycles. The van der Waals surface area contributed by atoms with Crippen LogP contribution < -0.4 is 0 Å². The van der Waals surface area contributed by atoms with E-state index in [9.17, 15) is 5.11 Å². The van der Waals surface area contributed by atoms with Crippen LogP contribution >= 0.6 is 0 Å². The van der Waals surface area contributed by atoms with Crippen molar-refractivity contribution < 1.29 is 9.84 Å². The average Bonchev–Trinajstić information content (AvgIpc) is 2.40. The smallest absolute Gasteiger partial charge is 0.0645 e. The average molecular weight is 235 g/mol. The van der Waals surface area contributed by atoms with Crippen molar-refractivity contribution in [3.05, 3.63) is 29.6 Å². The van der Waals surface area contributed by atoms with Crippen molar-refractivity contribution in [1.82, 2.24) is 4.98 Å². The highest BCUT2D eigenvalue weighted by Crippen LogP contribution is 2.19. The second-order valence-corrected chi connectivity index (χ2v) is 4.76. The van der Waals surface area contributed by atoms with E-state index < -0.39 is 0 Å². The Bertz CT molecular complexity index is 331. The molecule has 2 unspecified atom stereocenters. The Balaban J connectivity index is 1.89. The van der Waals surface area contributed by atoms with Gasteiger partial charge in [-0.1, -0.05) is 13.0 Å². The van der Waals surface area contributed by atoms with Crippen LogP contribution in [0, 0.1) is 5.92 Å². The Hall–Kier alpha value is -0.930. The third-order valence-electron chi connectivity index (χ3n) is 3.45. The zero-order valence-electron chi connectivity index (χ0n) is 10.4. The van der Waals surface area contributed by atoms with Gasteiger partial charge in [0.15, 0.2) is 0 Å². The largest absolute Gasteiger partial charge is 0.392 e. The predicted octanol–water partition coefficient (Wildman–Crippen LogP) is 1.97. The normalized spacial score (nSPS) is 22.4. The molecule has 1 aromatic rings. The number of aryl methyl sites for hydroxylation is 1. The molecule has 0 saturated carbocycles. The van der Waals surface area contributed by atoms with Crippen LogP contribution in [0.1, 0.15) is 31.0 Å². The summed E-state index contributed by atoms with van der Waals surface area (Å²) in [6.45, 7) is 3.64. The molecule has 3 nitrogen and oxygen atoms in total. The van der Waals surface area contributed by atoms with Gasteiger partial charge in [0.1, 0.15) is 0 Å². The van der Waals surface area contributed by atoms with Crippen LogP contribution in [0.4, 0.5) is 0 Å². The summed E-state index contributed by atoms with van der Waals surface area (Å²) in [5.74, 6) is 0.274. The van der Waals surface area contributed by atoms with Gasteiger partial charge in [-0.15, -0.1) is 0 Å². The number of rotatable bonds is 4. The second-order valence-electron chi connectivity index (χ2n) is 4.76. The first-order chi connectivity index (χ1) is 8.29. The van der Waals surface area contributed by atoms with Crippen molar-refractivity contribution in [1.29, 1.82) is 0 Å². The van der Waals surface area contributed by atoms with Crippen molar-refractivity contribution in [3.8, 4) is 0 Å². The molecule has 1 saturated heterocycles. The fourth-order valence-electron chi connectivity index (χ4n) is 2.24. The second kappa shape index (κ2) is 6.12. The molecule has 1 aliphatic rings. The summed E-state index contributed by atoms with van der Waals surface area (Å²) in [5.41, 5.74) is 2.21. The molecule has 0 aromatic carbocycles. The van der Waals surface area contributed by atoms with Gasteiger partial charge in [0.05, 0.1) is 12.7 Å². The van der Waals surface area contributed by atoms with E-state index in [2.05, 4.69) is 18.0 Å². The van der Waals surface area contributed by atoms with E-state index >= 15 is 0 Å². The Morgan fingerprint density at radius 1 is 1.53 bits per heavy atom. The maximum Gasteiger partial charge on any atom is 0.0645 e. The van der Waals surface area contributed by atoms with Gasteiger partial charge in [0.25, 0.3) is 0 Å². The quantitative estimate of drug-likeness (QED) is 0.867. The van der Waals surface area contributed by atoms with E-state index in [1.807, 2.05) is 12.3 Å². The van der Waals surface area contributed by atoms with Gasteiger partial charge in [-0.3, -0.25) is 4.98 Å². The first-order valence-corrected chi connectivity index (χ1v) is 6.49. The molecule has 2 atom stereocenters. The molecule has 94 valence electrons. The first kappa shape index (κ1) is 12.5. The number of hydrogen-bond donors (Lipinski definition) is 1. The van der Waals surface area contributed by atoms with Gasteiger partial charge in [0.2, 0.25) is 0 Å². The third-order valence-corrected chi connectivity index (χ3v) is 3.45. The van der Waals surface area contributed by atoms with E-state index in [4.69, 9.17) is 4.74 Å². The number of ether oxygens (including phenoxy) is 1. The minimum absolute atomic E-state index is 0.274. The van der Waals surface area contributed by atoms with Crippen LogP contribution in [-0.2, 0) is 17.6 Å². The zero-order chi connectivity index (χ0) is 12.1. The molecule has 0 radical (unpaired) electrons. The highest BCUT2D eigenvalue weighted by Gasteiger charge is 2.22. The Morgan fingerprint density at radius 2 is 2.41 bits per heavy atom. The van der Waals surface area contributed by atoms with E-state index in [0.29, 0.717) is 13.0 Å². The molecule has 1 N–H and O–H groups in total. The van der Waals surface area contributed by atoms with Crippen molar-refractivity contribution in [3.63, 3.8) is 0 Å². The van der Waals surface area contributed by atoms with Crippen molar-refractivity contribution >= 4 is 0 Å². The van der Waals surface area contributed by atoms with Gasteiger partial charge in [0, 0.05) is 30.8 Å². The molecule has 0 spiro atoms. The fraction of sp³-hybridized carbons (Fsp3) is 0.643. The SMILES string of the molecule is CCc1ccc(CC(O)C2CCCOC2)nc1. The Kier molecular flexibility index (Phi) is 4.51. The van der Waals surface area contributed by atoms with Gasteiger partial charge in [-0.25, -0.2) is 0 Å². The van der Waals surface area contributed by atoms with Crippen LogP contribution in [0.3, 0.4) is 0 Å². The Labute approximate surface area is 103 Å². The van der Waals surface area contributed by atoms with Crippen LogP contribution in [0.15, 0.2) is 18.3 Å². The van der Waals surface area contributed by atoms with Gasteiger partial charge in [-0.2, -0.15) is 0 Å². The topological polar surface area (TPSA) is 42.4 Å². The number of hydrogen-bond acceptors (Lipinski definition) is 3. The maximum absolute atomic E-state index is 10.1.